The van der Waals surface area contributed by atoms with Crippen LogP contribution in [-0.2, 0) is 0 Å². The molecule has 0 radical (unpaired) electrons. The minimum Gasteiger partial charge on any atom is -0.368 e. The largest absolute Gasteiger partial charge is 0.368 e. The van der Waals surface area contributed by atoms with Crippen LogP contribution < -0.4 is 4.90 Å². The second-order valence-electron chi connectivity index (χ2n) is 6.36. The van der Waals surface area contributed by atoms with Gasteiger partial charge >= 0.3 is 0 Å². The lowest BCUT2D eigenvalue weighted by Crippen LogP contribution is -2.49. The van der Waals surface area contributed by atoms with Crippen molar-refractivity contribution < 1.29 is 0 Å². The molecule has 0 atom stereocenters. The van der Waals surface area contributed by atoms with Crippen LogP contribution in [0.15, 0.2) is 42.5 Å². The Morgan fingerprint density at radius 2 is 1.48 bits per heavy atom. The second kappa shape index (κ2) is 6.45. The molecule has 0 aliphatic carbocycles. The molecular weight excluding hydrogens is 282 g/mol. The Balaban J connectivity index is 1.70. The van der Waals surface area contributed by atoms with Crippen LogP contribution in [0.4, 0.5) is 5.69 Å². The van der Waals surface area contributed by atoms with Gasteiger partial charge in [0.15, 0.2) is 0 Å². The zero-order chi connectivity index (χ0) is 16.4. The van der Waals surface area contributed by atoms with Gasteiger partial charge in [-0.25, -0.2) is 0 Å². The van der Waals surface area contributed by atoms with E-state index < -0.39 is 0 Å². The van der Waals surface area contributed by atoms with Gasteiger partial charge < -0.3 is 9.80 Å². The second-order valence-corrected chi connectivity index (χ2v) is 6.36. The number of hydrogen-bond acceptors (Lipinski definition) is 2. The maximum absolute atomic E-state index is 8.52. The molecule has 0 aromatic heterocycles. The van der Waals surface area contributed by atoms with Crippen LogP contribution in [0.1, 0.15) is 22.3 Å². The van der Waals surface area contributed by atoms with Crippen molar-refractivity contribution in [3.63, 3.8) is 0 Å². The molecule has 3 heteroatoms. The van der Waals surface area contributed by atoms with Crippen molar-refractivity contribution in [3.05, 3.63) is 64.7 Å². The molecule has 3 nitrogen and oxygen atoms in total. The van der Waals surface area contributed by atoms with Crippen LogP contribution in [-0.4, -0.2) is 36.9 Å². The number of benzene rings is 2. The van der Waals surface area contributed by atoms with Crippen molar-refractivity contribution in [3.8, 4) is 0 Å². The maximum Gasteiger partial charge on any atom is 0.128 e. The van der Waals surface area contributed by atoms with Crippen molar-refractivity contribution in [1.29, 1.82) is 5.41 Å². The third-order valence-corrected chi connectivity index (χ3v) is 4.91. The Morgan fingerprint density at radius 3 is 2.17 bits per heavy atom. The van der Waals surface area contributed by atoms with E-state index in [1.54, 1.807) is 0 Å². The van der Waals surface area contributed by atoms with Gasteiger partial charge in [-0.1, -0.05) is 36.4 Å². The molecule has 1 fully saturated rings. The van der Waals surface area contributed by atoms with Crippen molar-refractivity contribution in [2.75, 3.05) is 31.1 Å². The van der Waals surface area contributed by atoms with Crippen LogP contribution in [0.2, 0.25) is 0 Å². The number of nitrogens with zero attached hydrogens (tertiary/aromatic N) is 2. The first kappa shape index (κ1) is 15.6. The third kappa shape index (κ3) is 3.09. The number of nitrogens with one attached hydrogen (secondary N) is 1. The highest BCUT2D eigenvalue weighted by Gasteiger charge is 2.21. The molecule has 3 rings (SSSR count). The molecule has 2 aromatic carbocycles. The van der Waals surface area contributed by atoms with Crippen LogP contribution in [0.5, 0.6) is 0 Å². The Labute approximate surface area is 139 Å². The first-order chi connectivity index (χ1) is 11.1. The Kier molecular flexibility index (Phi) is 4.37. The van der Waals surface area contributed by atoms with E-state index in [0.29, 0.717) is 5.84 Å². The van der Waals surface area contributed by atoms with E-state index in [9.17, 15) is 0 Å². The van der Waals surface area contributed by atoms with E-state index in [1.165, 1.54) is 22.4 Å². The molecule has 0 amide bonds. The Hall–Kier alpha value is -2.29. The van der Waals surface area contributed by atoms with Crippen LogP contribution >= 0.6 is 0 Å². The molecule has 23 heavy (non-hydrogen) atoms. The highest BCUT2D eigenvalue weighted by Crippen LogP contribution is 2.24. The number of rotatable bonds is 2. The quantitative estimate of drug-likeness (QED) is 0.676. The number of piperazine rings is 1. The van der Waals surface area contributed by atoms with Crippen molar-refractivity contribution in [2.24, 2.45) is 0 Å². The van der Waals surface area contributed by atoms with Gasteiger partial charge in [0.25, 0.3) is 0 Å². The van der Waals surface area contributed by atoms with Gasteiger partial charge in [-0.05, 0) is 43.5 Å². The summed E-state index contributed by atoms with van der Waals surface area (Å²) in [6.07, 6.45) is 0. The van der Waals surface area contributed by atoms with Gasteiger partial charge in [0.05, 0.1) is 0 Å². The molecule has 1 saturated heterocycles. The lowest BCUT2D eigenvalue weighted by Gasteiger charge is -2.38. The molecule has 1 N–H and O–H groups in total. The molecule has 120 valence electrons. The highest BCUT2D eigenvalue weighted by atomic mass is 15.3. The van der Waals surface area contributed by atoms with E-state index >= 15 is 0 Å². The minimum absolute atomic E-state index is 0.656. The topological polar surface area (TPSA) is 30.3 Å². The van der Waals surface area contributed by atoms with Gasteiger partial charge in [-0.3, -0.25) is 5.41 Å². The molecule has 0 spiro atoms. The first-order valence-electron chi connectivity index (χ1n) is 8.28. The fourth-order valence-corrected chi connectivity index (χ4v) is 3.26. The molecule has 0 saturated carbocycles. The molecule has 2 aromatic rings. The molecule has 1 heterocycles. The zero-order valence-electron chi connectivity index (χ0n) is 14.3. The van der Waals surface area contributed by atoms with E-state index in [2.05, 4.69) is 60.9 Å². The number of hydrogen-bond donors (Lipinski definition) is 1. The number of amidine groups is 1. The molecule has 0 bridgehead atoms. The van der Waals surface area contributed by atoms with Crippen molar-refractivity contribution >= 4 is 11.5 Å². The normalized spacial score (nSPS) is 14.9. The third-order valence-electron chi connectivity index (χ3n) is 4.91. The summed E-state index contributed by atoms with van der Waals surface area (Å²) in [4.78, 5) is 4.65. The summed E-state index contributed by atoms with van der Waals surface area (Å²) in [7, 11) is 0. The molecule has 1 aliphatic rings. The van der Waals surface area contributed by atoms with E-state index in [4.69, 9.17) is 5.41 Å². The predicted octanol–water partition coefficient (Wildman–Crippen LogP) is 3.76. The lowest BCUT2D eigenvalue weighted by atomic mass is 10.1. The minimum atomic E-state index is 0.656. The lowest BCUT2D eigenvalue weighted by molar-refractivity contribution is 0.384. The molecular formula is C20H25N3. The van der Waals surface area contributed by atoms with Gasteiger partial charge in [0, 0.05) is 37.4 Å². The average molecular weight is 307 g/mol. The maximum atomic E-state index is 8.52. The number of aryl methyl sites for hydroxylation is 2. The summed E-state index contributed by atoms with van der Waals surface area (Å²) < 4.78 is 0. The smallest absolute Gasteiger partial charge is 0.128 e. The first-order valence-corrected chi connectivity index (χ1v) is 8.28. The average Bonchev–Trinajstić information content (AvgIpc) is 2.57. The molecule has 0 unspecified atom stereocenters. The standard InChI is InChI=1S/C20H25N3/c1-15-8-6-10-19(17(15)3)22-11-13-23(14-12-22)20(21)18-9-5-4-7-16(18)2/h4-10,21H,11-14H2,1-3H3. The van der Waals surface area contributed by atoms with E-state index in [0.717, 1.165) is 31.7 Å². The fraction of sp³-hybridized carbons (Fsp3) is 0.350. The summed E-state index contributed by atoms with van der Waals surface area (Å²) in [5.74, 6) is 0.656. The Bertz CT molecular complexity index is 713. The predicted molar refractivity (Wildman–Crippen MR) is 97.7 cm³/mol. The monoisotopic (exact) mass is 307 g/mol. The van der Waals surface area contributed by atoms with Crippen LogP contribution in [0.3, 0.4) is 0 Å². The molecule has 1 aliphatic heterocycles. The van der Waals surface area contributed by atoms with Gasteiger partial charge in [-0.2, -0.15) is 0 Å². The van der Waals surface area contributed by atoms with E-state index in [-0.39, 0.29) is 0 Å². The number of anilines is 1. The summed E-state index contributed by atoms with van der Waals surface area (Å²) in [5, 5.41) is 8.52. The van der Waals surface area contributed by atoms with Crippen LogP contribution in [0, 0.1) is 26.2 Å². The summed E-state index contributed by atoms with van der Waals surface area (Å²) in [6, 6.07) is 14.7. The van der Waals surface area contributed by atoms with Crippen molar-refractivity contribution in [1.82, 2.24) is 4.90 Å². The highest BCUT2D eigenvalue weighted by molar-refractivity contribution is 5.97. The Morgan fingerprint density at radius 1 is 0.826 bits per heavy atom. The van der Waals surface area contributed by atoms with Crippen molar-refractivity contribution in [2.45, 2.75) is 20.8 Å². The van der Waals surface area contributed by atoms with Gasteiger partial charge in [-0.15, -0.1) is 0 Å². The van der Waals surface area contributed by atoms with Gasteiger partial charge in [0.1, 0.15) is 5.84 Å². The SMILES string of the molecule is Cc1ccccc1C(=N)N1CCN(c2cccc(C)c2C)CC1. The zero-order valence-corrected chi connectivity index (χ0v) is 14.3. The van der Waals surface area contributed by atoms with E-state index in [1.807, 2.05) is 12.1 Å². The summed E-state index contributed by atoms with van der Waals surface area (Å²) in [6.45, 7) is 10.2. The fourth-order valence-electron chi connectivity index (χ4n) is 3.26. The summed E-state index contributed by atoms with van der Waals surface area (Å²) >= 11 is 0. The van der Waals surface area contributed by atoms with Crippen LogP contribution in [0.25, 0.3) is 0 Å². The summed E-state index contributed by atoms with van der Waals surface area (Å²) in [5.41, 5.74) is 6.28. The van der Waals surface area contributed by atoms with Gasteiger partial charge in [0.2, 0.25) is 0 Å².